The highest BCUT2D eigenvalue weighted by Crippen LogP contribution is 2.30. The van der Waals surface area contributed by atoms with E-state index in [9.17, 15) is 9.59 Å². The fourth-order valence-electron chi connectivity index (χ4n) is 2.97. The summed E-state index contributed by atoms with van der Waals surface area (Å²) in [4.78, 5) is 33.2. The van der Waals surface area contributed by atoms with Crippen molar-refractivity contribution in [1.82, 2.24) is 20.4 Å². The molecule has 0 bridgehead atoms. The average Bonchev–Trinajstić information content (AvgIpc) is 3.30. The van der Waals surface area contributed by atoms with E-state index >= 15 is 0 Å². The summed E-state index contributed by atoms with van der Waals surface area (Å²) in [5.74, 6) is 0.370. The van der Waals surface area contributed by atoms with Crippen LogP contribution in [0.3, 0.4) is 0 Å². The van der Waals surface area contributed by atoms with Gasteiger partial charge in [0.1, 0.15) is 0 Å². The van der Waals surface area contributed by atoms with Crippen molar-refractivity contribution in [2.75, 3.05) is 13.7 Å². The zero-order valence-corrected chi connectivity index (χ0v) is 19.1. The predicted octanol–water partition coefficient (Wildman–Crippen LogP) is 4.29. The summed E-state index contributed by atoms with van der Waals surface area (Å²) >= 11 is 0. The first-order valence-electron chi connectivity index (χ1n) is 10.5. The molecule has 1 amide bonds. The van der Waals surface area contributed by atoms with Gasteiger partial charge in [0.25, 0.3) is 11.8 Å². The van der Waals surface area contributed by atoms with Gasteiger partial charge in [-0.3, -0.25) is 4.79 Å². The molecule has 0 saturated carbocycles. The Balaban J connectivity index is 1.79. The van der Waals surface area contributed by atoms with Crippen molar-refractivity contribution in [3.63, 3.8) is 0 Å². The summed E-state index contributed by atoms with van der Waals surface area (Å²) in [5, 5.41) is 6.72. The predicted molar refractivity (Wildman–Crippen MR) is 118 cm³/mol. The molecule has 3 rings (SSSR count). The lowest BCUT2D eigenvalue weighted by molar-refractivity contribution is 0.0914. The minimum Gasteiger partial charge on any atom is -0.493 e. The van der Waals surface area contributed by atoms with Crippen LogP contribution in [0.15, 0.2) is 41.1 Å². The molecule has 0 saturated heterocycles. The van der Waals surface area contributed by atoms with E-state index in [1.165, 1.54) is 19.4 Å². The van der Waals surface area contributed by atoms with Crippen LogP contribution in [0.1, 0.15) is 61.5 Å². The molecule has 0 fully saturated rings. The van der Waals surface area contributed by atoms with Crippen LogP contribution in [0, 0.1) is 0 Å². The van der Waals surface area contributed by atoms with Crippen LogP contribution < -0.4 is 14.8 Å². The zero-order valence-electron chi connectivity index (χ0n) is 19.1. The number of benzene rings is 1. The quantitative estimate of drug-likeness (QED) is 0.496. The van der Waals surface area contributed by atoms with Crippen LogP contribution in [0.25, 0.3) is 11.5 Å². The second-order valence-electron chi connectivity index (χ2n) is 7.41. The number of ether oxygens (including phenoxy) is 3. The molecule has 3 aromatic rings. The normalized spacial score (nSPS) is 11.7. The van der Waals surface area contributed by atoms with Crippen molar-refractivity contribution < 1.29 is 28.3 Å². The maximum absolute atomic E-state index is 12.9. The van der Waals surface area contributed by atoms with E-state index in [1.807, 2.05) is 24.3 Å². The largest absolute Gasteiger partial charge is 0.514 e. The van der Waals surface area contributed by atoms with Crippen LogP contribution in [-0.4, -0.2) is 40.9 Å². The highest BCUT2D eigenvalue weighted by Gasteiger charge is 2.25. The molecule has 0 aliphatic rings. The Morgan fingerprint density at radius 1 is 1.18 bits per heavy atom. The highest BCUT2D eigenvalue weighted by atomic mass is 16.7. The third kappa shape index (κ3) is 5.65. The monoisotopic (exact) mass is 454 g/mol. The Hall–Kier alpha value is -3.95. The number of methoxy groups -OCH3 is 1. The third-order valence-corrected chi connectivity index (χ3v) is 4.73. The lowest BCUT2D eigenvalue weighted by Gasteiger charge is -2.14. The summed E-state index contributed by atoms with van der Waals surface area (Å²) in [5.41, 5.74) is 1.78. The third-order valence-electron chi connectivity index (χ3n) is 4.73. The lowest BCUT2D eigenvalue weighted by atomic mass is 10.0. The molecule has 0 aliphatic heterocycles. The van der Waals surface area contributed by atoms with Gasteiger partial charge in [0.05, 0.1) is 19.8 Å². The molecule has 2 aromatic heterocycles. The van der Waals surface area contributed by atoms with Gasteiger partial charge in [-0.05, 0) is 37.5 Å². The summed E-state index contributed by atoms with van der Waals surface area (Å²) in [7, 11) is 1.38. The topological polar surface area (TPSA) is 126 Å². The van der Waals surface area contributed by atoms with E-state index in [1.54, 1.807) is 13.8 Å². The van der Waals surface area contributed by atoms with Gasteiger partial charge in [-0.2, -0.15) is 4.98 Å². The molecule has 0 unspecified atom stereocenters. The second-order valence-corrected chi connectivity index (χ2v) is 7.41. The van der Waals surface area contributed by atoms with Gasteiger partial charge in [-0.15, -0.1) is 0 Å². The van der Waals surface area contributed by atoms with Gasteiger partial charge in [-0.25, -0.2) is 9.78 Å². The Morgan fingerprint density at radius 3 is 2.67 bits per heavy atom. The van der Waals surface area contributed by atoms with Gasteiger partial charge in [-0.1, -0.05) is 31.1 Å². The van der Waals surface area contributed by atoms with E-state index < -0.39 is 18.1 Å². The van der Waals surface area contributed by atoms with Gasteiger partial charge in [0, 0.05) is 17.8 Å². The minimum absolute atomic E-state index is 0.111. The van der Waals surface area contributed by atoms with Crippen LogP contribution >= 0.6 is 0 Å². The van der Waals surface area contributed by atoms with Crippen molar-refractivity contribution in [2.24, 2.45) is 0 Å². The van der Waals surface area contributed by atoms with Crippen molar-refractivity contribution in [3.8, 4) is 23.0 Å². The van der Waals surface area contributed by atoms with Crippen LogP contribution in [-0.2, 0) is 4.74 Å². The first kappa shape index (κ1) is 23.7. The van der Waals surface area contributed by atoms with Crippen LogP contribution in [0.5, 0.6) is 11.5 Å². The number of nitrogens with one attached hydrogen (secondary N) is 1. The number of carbonyl (C=O) groups excluding carboxylic acids is 2. The molecule has 0 radical (unpaired) electrons. The number of hydrogen-bond acceptors (Lipinski definition) is 9. The van der Waals surface area contributed by atoms with E-state index in [-0.39, 0.29) is 29.6 Å². The summed E-state index contributed by atoms with van der Waals surface area (Å²) in [6, 6.07) is 8.68. The maximum Gasteiger partial charge on any atom is 0.514 e. The Kier molecular flexibility index (Phi) is 7.60. The summed E-state index contributed by atoms with van der Waals surface area (Å²) in [6.07, 6.45) is 0.391. The fraction of sp³-hybridized carbons (Fsp3) is 0.348. The first-order chi connectivity index (χ1) is 15.8. The molecule has 0 aliphatic carbocycles. The van der Waals surface area contributed by atoms with Gasteiger partial charge in [0.15, 0.2) is 17.3 Å². The Morgan fingerprint density at radius 2 is 1.97 bits per heavy atom. The number of carbonyl (C=O) groups is 2. The molecule has 1 aromatic carbocycles. The molecule has 0 spiro atoms. The molecule has 1 atom stereocenters. The molecule has 10 nitrogen and oxygen atoms in total. The molecule has 10 heteroatoms. The highest BCUT2D eigenvalue weighted by molar-refractivity contribution is 5.96. The number of pyridine rings is 1. The number of amides is 1. The molecule has 174 valence electrons. The molecule has 2 heterocycles. The molecular weight excluding hydrogens is 428 g/mol. The second kappa shape index (κ2) is 10.6. The van der Waals surface area contributed by atoms with Crippen molar-refractivity contribution in [2.45, 2.75) is 39.7 Å². The SMILES string of the molecule is CCOC(=O)Oc1c(OC)ccnc1C(=O)N[C@@H](C)c1noc(-c2cccc(C(C)C)c2)n1. The van der Waals surface area contributed by atoms with Crippen molar-refractivity contribution >= 4 is 12.1 Å². The van der Waals surface area contributed by atoms with Gasteiger partial charge < -0.3 is 24.1 Å². The van der Waals surface area contributed by atoms with Gasteiger partial charge in [0.2, 0.25) is 5.75 Å². The van der Waals surface area contributed by atoms with E-state index in [0.717, 1.165) is 11.1 Å². The first-order valence-corrected chi connectivity index (χ1v) is 10.5. The number of aromatic nitrogens is 3. The molecule has 33 heavy (non-hydrogen) atoms. The zero-order chi connectivity index (χ0) is 24.0. The minimum atomic E-state index is -0.975. The molecule has 1 N–H and O–H groups in total. The smallest absolute Gasteiger partial charge is 0.493 e. The van der Waals surface area contributed by atoms with Crippen molar-refractivity contribution in [3.05, 3.63) is 53.6 Å². The molecular formula is C23H26N4O6. The lowest BCUT2D eigenvalue weighted by Crippen LogP contribution is -2.29. The Bertz CT molecular complexity index is 1130. The number of nitrogens with zero attached hydrogens (tertiary/aromatic N) is 3. The van der Waals surface area contributed by atoms with E-state index in [2.05, 4.69) is 34.3 Å². The summed E-state index contributed by atoms with van der Waals surface area (Å²) in [6.45, 7) is 7.64. The summed E-state index contributed by atoms with van der Waals surface area (Å²) < 4.78 is 20.5. The van der Waals surface area contributed by atoms with Gasteiger partial charge >= 0.3 is 6.16 Å². The van der Waals surface area contributed by atoms with Crippen LogP contribution in [0.2, 0.25) is 0 Å². The Labute approximate surface area is 191 Å². The standard InChI is InChI=1S/C23H26N4O6/c1-6-31-23(29)32-19-17(30-5)10-11-24-18(19)21(28)25-14(4)20-26-22(33-27-20)16-9-7-8-15(12-16)13(2)3/h7-14H,6H2,1-5H3,(H,25,28)/t14-/m0/s1. The number of hydrogen-bond donors (Lipinski definition) is 1. The van der Waals surface area contributed by atoms with E-state index in [4.69, 9.17) is 18.7 Å². The average molecular weight is 454 g/mol. The van der Waals surface area contributed by atoms with E-state index in [0.29, 0.717) is 11.8 Å². The maximum atomic E-state index is 12.9. The van der Waals surface area contributed by atoms with Crippen molar-refractivity contribution in [1.29, 1.82) is 0 Å². The number of rotatable bonds is 8. The van der Waals surface area contributed by atoms with Crippen LogP contribution in [0.4, 0.5) is 4.79 Å². The fourth-order valence-corrected chi connectivity index (χ4v) is 2.97.